The summed E-state index contributed by atoms with van der Waals surface area (Å²) in [6.45, 7) is 6.37. The Kier molecular flexibility index (Phi) is 6.10. The van der Waals surface area contributed by atoms with Crippen molar-refractivity contribution < 1.29 is 14.6 Å². The molecule has 1 N–H and O–H groups in total. The molecule has 2 aromatic rings. The van der Waals surface area contributed by atoms with Gasteiger partial charge in [-0.3, -0.25) is 4.79 Å². The normalized spacial score (nSPS) is 12.2. The lowest BCUT2D eigenvalue weighted by atomic mass is 10.1. The predicted molar refractivity (Wildman–Crippen MR) is 96.6 cm³/mol. The van der Waals surface area contributed by atoms with Gasteiger partial charge in [-0.25, -0.2) is 4.98 Å². The third-order valence-electron chi connectivity index (χ3n) is 3.79. The van der Waals surface area contributed by atoms with Crippen molar-refractivity contribution in [2.24, 2.45) is 0 Å². The molecule has 0 aliphatic rings. The molecule has 130 valence electrons. The highest BCUT2D eigenvalue weighted by Gasteiger charge is 2.21. The molecule has 1 atom stereocenters. The third kappa shape index (κ3) is 4.20. The maximum atomic E-state index is 12.6. The molecule has 0 saturated heterocycles. The number of aromatic nitrogens is 1. The van der Waals surface area contributed by atoms with Gasteiger partial charge < -0.3 is 14.7 Å². The van der Waals surface area contributed by atoms with Crippen molar-refractivity contribution in [1.82, 2.24) is 9.88 Å². The van der Waals surface area contributed by atoms with Gasteiger partial charge in [-0.1, -0.05) is 23.8 Å². The van der Waals surface area contributed by atoms with E-state index >= 15 is 0 Å². The highest BCUT2D eigenvalue weighted by Crippen LogP contribution is 2.31. The Morgan fingerprint density at radius 3 is 2.71 bits per heavy atom. The molecule has 0 fully saturated rings. The highest BCUT2D eigenvalue weighted by atomic mass is 32.1. The van der Waals surface area contributed by atoms with Crippen molar-refractivity contribution in [3.05, 3.63) is 39.9 Å². The second kappa shape index (κ2) is 7.88. The number of ether oxygens (including phenoxy) is 1. The molecule has 0 aliphatic carbocycles. The lowest BCUT2D eigenvalue weighted by molar-refractivity contribution is 0.0382. The summed E-state index contributed by atoms with van der Waals surface area (Å²) in [5.41, 5.74) is 4.11. The minimum atomic E-state index is -0.698. The van der Waals surface area contributed by atoms with E-state index in [9.17, 15) is 9.90 Å². The van der Waals surface area contributed by atoms with Crippen LogP contribution in [0, 0.1) is 20.8 Å². The van der Waals surface area contributed by atoms with Crippen LogP contribution in [0.3, 0.4) is 0 Å². The lowest BCUT2D eigenvalue weighted by Crippen LogP contribution is -2.36. The van der Waals surface area contributed by atoms with E-state index in [-0.39, 0.29) is 19.1 Å². The largest absolute Gasteiger partial charge is 0.389 e. The number of hydrogen-bond acceptors (Lipinski definition) is 5. The Morgan fingerprint density at radius 1 is 1.38 bits per heavy atom. The highest BCUT2D eigenvalue weighted by molar-refractivity contribution is 7.17. The molecular formula is C18H24N2O3S. The molecule has 0 radical (unpaired) electrons. The summed E-state index contributed by atoms with van der Waals surface area (Å²) in [5, 5.41) is 10.6. The maximum absolute atomic E-state index is 12.6. The molecule has 1 aromatic carbocycles. The molecule has 24 heavy (non-hydrogen) atoms. The van der Waals surface area contributed by atoms with Crippen LogP contribution in [0.1, 0.15) is 26.5 Å². The van der Waals surface area contributed by atoms with Gasteiger partial charge in [0.15, 0.2) is 0 Å². The summed E-state index contributed by atoms with van der Waals surface area (Å²) in [7, 11) is 3.20. The maximum Gasteiger partial charge on any atom is 0.265 e. The molecule has 0 saturated carbocycles. The van der Waals surface area contributed by atoms with E-state index in [2.05, 4.69) is 18.0 Å². The average molecular weight is 348 g/mol. The lowest BCUT2D eigenvalue weighted by Gasteiger charge is -2.19. The second-order valence-corrected chi connectivity index (χ2v) is 7.05. The Hall–Kier alpha value is -1.76. The number of benzene rings is 1. The minimum absolute atomic E-state index is 0.129. The first-order valence-electron chi connectivity index (χ1n) is 7.81. The molecule has 1 heterocycles. The number of aliphatic hydroxyl groups excluding tert-OH is 1. The van der Waals surface area contributed by atoms with Crippen LogP contribution in [-0.4, -0.2) is 54.3 Å². The Balaban J connectivity index is 2.23. The van der Waals surface area contributed by atoms with Crippen LogP contribution in [0.4, 0.5) is 0 Å². The van der Waals surface area contributed by atoms with Crippen LogP contribution in [0.25, 0.3) is 10.6 Å². The van der Waals surface area contributed by atoms with Crippen LogP contribution in [-0.2, 0) is 4.74 Å². The van der Waals surface area contributed by atoms with E-state index in [0.717, 1.165) is 16.1 Å². The second-order valence-electron chi connectivity index (χ2n) is 6.05. The molecule has 1 amide bonds. The first-order chi connectivity index (χ1) is 11.3. The molecule has 6 heteroatoms. The van der Waals surface area contributed by atoms with Gasteiger partial charge in [0.25, 0.3) is 5.91 Å². The molecule has 0 spiro atoms. The van der Waals surface area contributed by atoms with Crippen molar-refractivity contribution in [2.75, 3.05) is 27.3 Å². The number of carbonyl (C=O) groups is 1. The van der Waals surface area contributed by atoms with Gasteiger partial charge in [-0.2, -0.15) is 0 Å². The fraction of sp³-hybridized carbons (Fsp3) is 0.444. The number of carbonyl (C=O) groups excluding carboxylic acids is 1. The van der Waals surface area contributed by atoms with Gasteiger partial charge in [0.1, 0.15) is 9.88 Å². The number of hydrogen-bond donors (Lipinski definition) is 1. The minimum Gasteiger partial charge on any atom is -0.389 e. The first kappa shape index (κ1) is 18.6. The molecular weight excluding hydrogens is 324 g/mol. The van der Waals surface area contributed by atoms with Crippen LogP contribution >= 0.6 is 11.3 Å². The third-order valence-corrected chi connectivity index (χ3v) is 4.97. The number of likely N-dealkylation sites (N-methyl/N-ethyl adjacent to an activating group) is 1. The number of aryl methyl sites for hydroxylation is 3. The Labute approximate surface area is 146 Å². The van der Waals surface area contributed by atoms with Crippen LogP contribution < -0.4 is 0 Å². The monoisotopic (exact) mass is 348 g/mol. The van der Waals surface area contributed by atoms with Crippen molar-refractivity contribution in [3.8, 4) is 10.6 Å². The summed E-state index contributed by atoms with van der Waals surface area (Å²) < 4.78 is 4.90. The Morgan fingerprint density at radius 2 is 2.08 bits per heavy atom. The van der Waals surface area contributed by atoms with E-state index in [1.54, 1.807) is 7.05 Å². The summed E-state index contributed by atoms with van der Waals surface area (Å²) in [5.74, 6) is -0.129. The van der Waals surface area contributed by atoms with E-state index in [1.807, 2.05) is 26.0 Å². The number of rotatable bonds is 6. The summed E-state index contributed by atoms with van der Waals surface area (Å²) in [4.78, 5) is 19.3. The van der Waals surface area contributed by atoms with Gasteiger partial charge in [0, 0.05) is 26.3 Å². The number of methoxy groups -OCH3 is 1. The first-order valence-corrected chi connectivity index (χ1v) is 8.62. The zero-order valence-corrected chi connectivity index (χ0v) is 15.6. The van der Waals surface area contributed by atoms with E-state index in [0.29, 0.717) is 10.6 Å². The van der Waals surface area contributed by atoms with Gasteiger partial charge in [0.2, 0.25) is 0 Å². The molecule has 2 rings (SSSR count). The van der Waals surface area contributed by atoms with Crippen molar-refractivity contribution in [3.63, 3.8) is 0 Å². The number of nitrogens with zero attached hydrogens (tertiary/aromatic N) is 2. The standard InChI is InChI=1S/C18H24N2O3S/c1-11-6-7-15(12(2)8-11)17-19-13(3)16(24-17)18(22)20(4)9-14(21)10-23-5/h6-8,14,21H,9-10H2,1-5H3. The summed E-state index contributed by atoms with van der Waals surface area (Å²) in [6.07, 6.45) is -0.698. The average Bonchev–Trinajstić information content (AvgIpc) is 2.88. The number of amides is 1. The van der Waals surface area contributed by atoms with Crippen molar-refractivity contribution in [1.29, 1.82) is 0 Å². The van der Waals surface area contributed by atoms with E-state index in [1.165, 1.54) is 28.9 Å². The fourth-order valence-electron chi connectivity index (χ4n) is 2.58. The SMILES string of the molecule is COCC(O)CN(C)C(=O)c1sc(-c2ccc(C)cc2C)nc1C. The molecule has 0 bridgehead atoms. The van der Waals surface area contributed by atoms with Gasteiger partial charge >= 0.3 is 0 Å². The zero-order valence-electron chi connectivity index (χ0n) is 14.8. The van der Waals surface area contributed by atoms with Crippen LogP contribution in [0.15, 0.2) is 18.2 Å². The van der Waals surface area contributed by atoms with E-state index < -0.39 is 6.10 Å². The summed E-state index contributed by atoms with van der Waals surface area (Å²) >= 11 is 1.39. The van der Waals surface area contributed by atoms with Crippen LogP contribution in [0.5, 0.6) is 0 Å². The van der Waals surface area contributed by atoms with Gasteiger partial charge in [0.05, 0.1) is 18.4 Å². The van der Waals surface area contributed by atoms with E-state index in [4.69, 9.17) is 4.74 Å². The quantitative estimate of drug-likeness (QED) is 0.872. The fourth-order valence-corrected chi connectivity index (χ4v) is 3.73. The molecule has 5 nitrogen and oxygen atoms in total. The topological polar surface area (TPSA) is 62.7 Å². The van der Waals surface area contributed by atoms with Crippen molar-refractivity contribution in [2.45, 2.75) is 26.9 Å². The number of aliphatic hydroxyl groups is 1. The smallest absolute Gasteiger partial charge is 0.265 e. The molecule has 1 aromatic heterocycles. The van der Waals surface area contributed by atoms with Gasteiger partial charge in [-0.15, -0.1) is 11.3 Å². The van der Waals surface area contributed by atoms with Crippen LogP contribution in [0.2, 0.25) is 0 Å². The van der Waals surface area contributed by atoms with Crippen molar-refractivity contribution >= 4 is 17.2 Å². The summed E-state index contributed by atoms with van der Waals surface area (Å²) in [6, 6.07) is 6.21. The molecule has 0 aliphatic heterocycles. The number of thiazole rings is 1. The predicted octanol–water partition coefficient (Wildman–Crippen LogP) is 2.81. The zero-order chi connectivity index (χ0) is 17.9. The Bertz CT molecular complexity index is 727. The molecule has 1 unspecified atom stereocenters. The van der Waals surface area contributed by atoms with Gasteiger partial charge in [-0.05, 0) is 26.3 Å².